The lowest BCUT2D eigenvalue weighted by Gasteiger charge is -2.32. The van der Waals surface area contributed by atoms with Crippen molar-refractivity contribution in [2.45, 2.75) is 31.8 Å². The monoisotopic (exact) mass is 482 g/mol. The number of nitrogens with zero attached hydrogens (tertiary/aromatic N) is 2. The summed E-state index contributed by atoms with van der Waals surface area (Å²) in [5.41, 5.74) is 3.55. The number of fused-ring (bicyclic) bond motifs is 1. The zero-order valence-electron chi connectivity index (χ0n) is 18.0. The van der Waals surface area contributed by atoms with E-state index in [9.17, 15) is 14.3 Å². The van der Waals surface area contributed by atoms with E-state index in [2.05, 4.69) is 15.7 Å². The Bertz CT molecular complexity index is 1310. The van der Waals surface area contributed by atoms with Crippen LogP contribution in [0.15, 0.2) is 60.8 Å². The Morgan fingerprint density at radius 2 is 1.91 bits per heavy atom. The maximum absolute atomic E-state index is 14.1. The van der Waals surface area contributed by atoms with Crippen LogP contribution >= 0.6 is 22.9 Å². The van der Waals surface area contributed by atoms with E-state index >= 15 is 0 Å². The molecule has 1 N–H and O–H groups in total. The van der Waals surface area contributed by atoms with Crippen molar-refractivity contribution < 1.29 is 14.3 Å². The Morgan fingerprint density at radius 3 is 2.64 bits per heavy atom. The fourth-order valence-corrected chi connectivity index (χ4v) is 5.90. The second-order valence-electron chi connectivity index (χ2n) is 8.64. The van der Waals surface area contributed by atoms with Crippen LogP contribution in [0.25, 0.3) is 10.9 Å². The molecule has 1 saturated heterocycles. The summed E-state index contributed by atoms with van der Waals surface area (Å²) in [7, 11) is 0. The number of likely N-dealkylation sites (tertiary alicyclic amines) is 1. The predicted octanol–water partition coefficient (Wildman–Crippen LogP) is 6.62. The third-order valence-corrected chi connectivity index (χ3v) is 7.65. The summed E-state index contributed by atoms with van der Waals surface area (Å²) in [5.74, 6) is -0.711. The van der Waals surface area contributed by atoms with Crippen LogP contribution in [-0.4, -0.2) is 33.6 Å². The summed E-state index contributed by atoms with van der Waals surface area (Å²) < 4.78 is 17.0. The van der Waals surface area contributed by atoms with E-state index in [-0.39, 0.29) is 5.82 Å². The number of halogens is 2. The summed E-state index contributed by atoms with van der Waals surface area (Å²) in [6.07, 6.45) is 4.22. The smallest absolute Gasteiger partial charge is 0.335 e. The molecule has 4 aromatic rings. The van der Waals surface area contributed by atoms with E-state index in [1.54, 1.807) is 41.7 Å². The van der Waals surface area contributed by atoms with Gasteiger partial charge in [0.05, 0.1) is 22.0 Å². The van der Waals surface area contributed by atoms with Crippen molar-refractivity contribution in [1.29, 1.82) is 0 Å². The molecule has 0 radical (unpaired) electrons. The van der Waals surface area contributed by atoms with Gasteiger partial charge >= 0.3 is 5.97 Å². The quantitative estimate of drug-likeness (QED) is 0.336. The first-order valence-corrected chi connectivity index (χ1v) is 12.2. The Balaban J connectivity index is 1.33. The van der Waals surface area contributed by atoms with Gasteiger partial charge in [-0.2, -0.15) is 0 Å². The molecule has 0 unspecified atom stereocenters. The Hall–Kier alpha value is -2.67. The van der Waals surface area contributed by atoms with Gasteiger partial charge in [0.1, 0.15) is 5.82 Å². The standard InChI is InChI=1S/C26H24ClFN2O2S/c27-25-7-5-21(33-25)15-30-16-23(22-6-4-20(28)13-24(22)30)18-8-10-29(11-9-18)14-17-2-1-3-19(12-17)26(31)32/h1-7,12-13,16,18H,8-11,14-15H2,(H,31,32). The van der Waals surface area contributed by atoms with Crippen molar-refractivity contribution in [1.82, 2.24) is 9.47 Å². The highest BCUT2D eigenvalue weighted by atomic mass is 35.5. The molecule has 0 atom stereocenters. The minimum absolute atomic E-state index is 0.226. The predicted molar refractivity (Wildman–Crippen MR) is 131 cm³/mol. The molecule has 1 aliphatic rings. The highest BCUT2D eigenvalue weighted by molar-refractivity contribution is 7.16. The van der Waals surface area contributed by atoms with E-state index < -0.39 is 5.97 Å². The van der Waals surface area contributed by atoms with Gasteiger partial charge in [-0.15, -0.1) is 11.3 Å². The first-order chi connectivity index (χ1) is 16.0. The number of aromatic nitrogens is 1. The van der Waals surface area contributed by atoms with Gasteiger partial charge in [0.25, 0.3) is 0 Å². The average molecular weight is 483 g/mol. The van der Waals surface area contributed by atoms with Crippen molar-refractivity contribution in [2.24, 2.45) is 0 Å². The van der Waals surface area contributed by atoms with Crippen molar-refractivity contribution in [2.75, 3.05) is 13.1 Å². The third-order valence-electron chi connectivity index (χ3n) is 6.44. The van der Waals surface area contributed by atoms with Gasteiger partial charge in [-0.3, -0.25) is 4.90 Å². The van der Waals surface area contributed by atoms with Gasteiger partial charge in [0.15, 0.2) is 0 Å². The van der Waals surface area contributed by atoms with Crippen LogP contribution in [0.3, 0.4) is 0 Å². The topological polar surface area (TPSA) is 45.5 Å². The minimum Gasteiger partial charge on any atom is -0.478 e. The van der Waals surface area contributed by atoms with Gasteiger partial charge in [-0.05, 0) is 85.4 Å². The lowest BCUT2D eigenvalue weighted by Crippen LogP contribution is -2.32. The Labute approximate surface area is 200 Å². The summed E-state index contributed by atoms with van der Waals surface area (Å²) in [6, 6.07) is 16.2. The van der Waals surface area contributed by atoms with Crippen LogP contribution < -0.4 is 0 Å². The number of carboxylic acids is 1. The summed E-state index contributed by atoms with van der Waals surface area (Å²) in [4.78, 5) is 14.8. The molecule has 1 aliphatic heterocycles. The first-order valence-electron chi connectivity index (χ1n) is 11.0. The van der Waals surface area contributed by atoms with Crippen molar-refractivity contribution in [3.8, 4) is 0 Å². The highest BCUT2D eigenvalue weighted by Gasteiger charge is 2.24. The minimum atomic E-state index is -0.895. The maximum atomic E-state index is 14.1. The molecule has 7 heteroatoms. The number of aromatic carboxylic acids is 1. The maximum Gasteiger partial charge on any atom is 0.335 e. The molecule has 2 aromatic carbocycles. The van der Waals surface area contributed by atoms with Gasteiger partial charge in [-0.25, -0.2) is 9.18 Å². The van der Waals surface area contributed by atoms with Gasteiger partial charge in [0.2, 0.25) is 0 Å². The number of piperidine rings is 1. The number of hydrogen-bond donors (Lipinski definition) is 1. The molecule has 1 fully saturated rings. The van der Waals surface area contributed by atoms with E-state index in [0.29, 0.717) is 18.0 Å². The van der Waals surface area contributed by atoms with Crippen molar-refractivity contribution in [3.63, 3.8) is 0 Å². The normalized spacial score (nSPS) is 15.3. The van der Waals surface area contributed by atoms with Gasteiger partial charge in [0, 0.05) is 23.0 Å². The molecule has 0 bridgehead atoms. The molecule has 33 heavy (non-hydrogen) atoms. The largest absolute Gasteiger partial charge is 0.478 e. The zero-order chi connectivity index (χ0) is 22.9. The molecule has 0 saturated carbocycles. The van der Waals surface area contributed by atoms with E-state index in [1.165, 1.54) is 5.56 Å². The lowest BCUT2D eigenvalue weighted by molar-refractivity contribution is 0.0696. The lowest BCUT2D eigenvalue weighted by atomic mass is 9.89. The Kier molecular flexibility index (Phi) is 6.23. The third kappa shape index (κ3) is 4.83. The molecule has 3 heterocycles. The zero-order valence-corrected chi connectivity index (χ0v) is 19.6. The molecule has 0 spiro atoms. The van der Waals surface area contributed by atoms with Gasteiger partial charge < -0.3 is 9.67 Å². The molecule has 2 aromatic heterocycles. The fourth-order valence-electron chi connectivity index (χ4n) is 4.82. The van der Waals surface area contributed by atoms with Crippen LogP contribution in [0.1, 0.15) is 45.1 Å². The summed E-state index contributed by atoms with van der Waals surface area (Å²) >= 11 is 7.66. The summed E-state index contributed by atoms with van der Waals surface area (Å²) in [5, 5.41) is 10.3. The first kappa shape index (κ1) is 22.1. The number of benzene rings is 2. The van der Waals surface area contributed by atoms with Crippen LogP contribution in [0.5, 0.6) is 0 Å². The number of carbonyl (C=O) groups is 1. The van der Waals surface area contributed by atoms with Crippen LogP contribution in [0.2, 0.25) is 4.34 Å². The average Bonchev–Trinajstić information content (AvgIpc) is 3.37. The molecular formula is C26H24ClFN2O2S. The molecule has 4 nitrogen and oxygen atoms in total. The number of carboxylic acid groups (broad SMARTS) is 1. The van der Waals surface area contributed by atoms with Crippen LogP contribution in [-0.2, 0) is 13.1 Å². The Morgan fingerprint density at radius 1 is 1.09 bits per heavy atom. The molecule has 0 aliphatic carbocycles. The molecule has 5 rings (SSSR count). The van der Waals surface area contributed by atoms with Crippen LogP contribution in [0, 0.1) is 5.82 Å². The molecular weight excluding hydrogens is 459 g/mol. The van der Waals surface area contributed by atoms with Crippen LogP contribution in [0.4, 0.5) is 4.39 Å². The van der Waals surface area contributed by atoms with Crippen molar-refractivity contribution >= 4 is 39.8 Å². The van der Waals surface area contributed by atoms with E-state index in [0.717, 1.165) is 58.2 Å². The summed E-state index contributed by atoms with van der Waals surface area (Å²) in [6.45, 7) is 3.31. The second kappa shape index (κ2) is 9.29. The molecule has 170 valence electrons. The van der Waals surface area contributed by atoms with Crippen molar-refractivity contribution in [3.05, 3.63) is 92.5 Å². The SMILES string of the molecule is O=C(O)c1cccc(CN2CCC(c3cn(Cc4ccc(Cl)s4)c4cc(F)ccc34)CC2)c1. The number of thiophene rings is 1. The number of hydrogen-bond acceptors (Lipinski definition) is 3. The van der Waals surface area contributed by atoms with E-state index in [1.807, 2.05) is 24.3 Å². The second-order valence-corrected chi connectivity index (χ2v) is 10.4. The fraction of sp³-hybridized carbons (Fsp3) is 0.269. The van der Waals surface area contributed by atoms with Gasteiger partial charge in [-0.1, -0.05) is 23.7 Å². The highest BCUT2D eigenvalue weighted by Crippen LogP contribution is 2.36. The van der Waals surface area contributed by atoms with E-state index in [4.69, 9.17) is 11.6 Å². The number of rotatable bonds is 6. The molecule has 0 amide bonds.